The molecule has 0 spiro atoms. The summed E-state index contributed by atoms with van der Waals surface area (Å²) in [5, 5.41) is 0. The number of hydrogen-bond acceptors (Lipinski definition) is 11. The number of H-pyrrole nitrogens is 1. The van der Waals surface area contributed by atoms with Gasteiger partial charge in [0.25, 0.3) is 17.7 Å². The maximum Gasteiger partial charge on any atom is 0.414 e. The molecule has 2 fully saturated rings. The van der Waals surface area contributed by atoms with Crippen LogP contribution >= 0.6 is 22.9 Å². The number of carbonyl (C=O) groups excluding carboxylic acids is 5. The Kier molecular flexibility index (Phi) is 9.35. The van der Waals surface area contributed by atoms with Crippen LogP contribution < -0.4 is 15.5 Å². The van der Waals surface area contributed by atoms with Gasteiger partial charge in [0.2, 0.25) is 0 Å². The number of aromatic amines is 1. The Morgan fingerprint density at radius 3 is 2.56 bits per heavy atom. The maximum absolute atomic E-state index is 13.3. The van der Waals surface area contributed by atoms with E-state index < -0.39 is 42.6 Å². The van der Waals surface area contributed by atoms with Crippen molar-refractivity contribution >= 4 is 64.1 Å². The number of hydrogen-bond donors (Lipinski definition) is 2. The number of anilines is 2. The first-order valence-electron chi connectivity index (χ1n) is 13.2. The minimum absolute atomic E-state index is 0.00465. The number of amides is 4. The summed E-state index contributed by atoms with van der Waals surface area (Å²) in [6.07, 6.45) is 1.51. The lowest BCUT2D eigenvalue weighted by Gasteiger charge is -2.27. The van der Waals surface area contributed by atoms with Gasteiger partial charge >= 0.3 is 12.1 Å². The van der Waals surface area contributed by atoms with Crippen molar-refractivity contribution in [2.24, 2.45) is 5.73 Å². The number of morpholine rings is 1. The minimum atomic E-state index is -1.06. The molecule has 3 aromatic rings. The van der Waals surface area contributed by atoms with E-state index in [4.69, 9.17) is 31.5 Å². The Bertz CT molecular complexity index is 1500. The van der Waals surface area contributed by atoms with Crippen molar-refractivity contribution in [1.82, 2.24) is 14.9 Å². The van der Waals surface area contributed by atoms with E-state index in [1.165, 1.54) is 29.6 Å². The van der Waals surface area contributed by atoms with Gasteiger partial charge in [-0.3, -0.25) is 29.0 Å². The zero-order valence-corrected chi connectivity index (χ0v) is 24.2. The summed E-state index contributed by atoms with van der Waals surface area (Å²) >= 11 is 6.97. The van der Waals surface area contributed by atoms with Gasteiger partial charge < -0.3 is 29.8 Å². The van der Waals surface area contributed by atoms with Gasteiger partial charge in [-0.1, -0.05) is 11.6 Å². The predicted molar refractivity (Wildman–Crippen MR) is 154 cm³/mol. The van der Waals surface area contributed by atoms with E-state index in [2.05, 4.69) is 9.97 Å². The molecule has 2 aromatic heterocycles. The first-order valence-corrected chi connectivity index (χ1v) is 14.3. The van der Waals surface area contributed by atoms with Gasteiger partial charge in [-0.2, -0.15) is 0 Å². The summed E-state index contributed by atoms with van der Waals surface area (Å²) in [4.78, 5) is 74.5. The monoisotopic (exact) mass is 630 g/mol. The number of carbonyl (C=O) groups is 5. The van der Waals surface area contributed by atoms with Crippen LogP contribution in [-0.4, -0.2) is 96.3 Å². The Labute approximate surface area is 254 Å². The molecule has 0 saturated carbocycles. The number of imidazole rings is 1. The molecule has 2 aliphatic heterocycles. The highest BCUT2D eigenvalue weighted by molar-refractivity contribution is 7.18. The topological polar surface area (TPSA) is 177 Å². The number of thiophene rings is 1. The normalized spacial score (nSPS) is 17.5. The van der Waals surface area contributed by atoms with Crippen LogP contribution in [0, 0.1) is 0 Å². The summed E-state index contributed by atoms with van der Waals surface area (Å²) < 4.78 is 16.1. The van der Waals surface area contributed by atoms with Gasteiger partial charge in [0, 0.05) is 36.2 Å². The lowest BCUT2D eigenvalue weighted by molar-refractivity contribution is -0.152. The number of benzene rings is 1. The molecule has 3 N–H and O–H groups in total. The van der Waals surface area contributed by atoms with Crippen molar-refractivity contribution in [3.8, 4) is 0 Å². The third-order valence-corrected chi connectivity index (χ3v) is 7.90. The SMILES string of the molecule is N[C@H](Cc1cnc[nH]1)C(=O)OCC(=O)N(C[C@H]1CN(c2ccc(N3CCOCC3=O)cc2)C(=O)O1)C(=O)c1ccc(Cl)s1. The predicted octanol–water partition coefficient (Wildman–Crippen LogP) is 1.60. The van der Waals surface area contributed by atoms with Gasteiger partial charge in [0.15, 0.2) is 6.61 Å². The molecule has 0 aliphatic carbocycles. The summed E-state index contributed by atoms with van der Waals surface area (Å²) in [5.41, 5.74) is 7.67. The first kappa shape index (κ1) is 30.2. The fourth-order valence-electron chi connectivity index (χ4n) is 4.53. The number of halogens is 1. The number of rotatable bonds is 10. The zero-order valence-electron chi connectivity index (χ0n) is 22.6. The van der Waals surface area contributed by atoms with E-state index in [0.29, 0.717) is 34.6 Å². The second kappa shape index (κ2) is 13.3. The van der Waals surface area contributed by atoms with Crippen molar-refractivity contribution < 1.29 is 38.2 Å². The molecule has 2 saturated heterocycles. The second-order valence-corrected chi connectivity index (χ2v) is 11.4. The standard InChI is InChI=1S/C27H27ClN6O8S/c28-22-6-5-21(43-22)25(37)34(24(36)14-41-26(38)20(29)9-16-10-30-15-31-16)12-19-11-33(27(39)42-19)18-3-1-17(2-4-18)32-7-8-40-13-23(32)35/h1-6,10,15,19-20H,7-9,11-14,29H2,(H,30,31)/t19-,20-/m1/s1. The summed E-state index contributed by atoms with van der Waals surface area (Å²) in [6.45, 7) is -0.169. The largest absolute Gasteiger partial charge is 0.454 e. The van der Waals surface area contributed by atoms with Crippen LogP contribution in [0.4, 0.5) is 16.2 Å². The van der Waals surface area contributed by atoms with Crippen molar-refractivity contribution in [3.05, 3.63) is 63.8 Å². The smallest absolute Gasteiger partial charge is 0.414 e. The number of ether oxygens (including phenoxy) is 3. The number of cyclic esters (lactones) is 1. The molecule has 5 rings (SSSR count). The molecule has 43 heavy (non-hydrogen) atoms. The van der Waals surface area contributed by atoms with Gasteiger partial charge in [0.1, 0.15) is 18.8 Å². The van der Waals surface area contributed by atoms with Gasteiger partial charge in [-0.25, -0.2) is 9.78 Å². The summed E-state index contributed by atoms with van der Waals surface area (Å²) in [5.74, 6) is -2.51. The highest BCUT2D eigenvalue weighted by atomic mass is 35.5. The van der Waals surface area contributed by atoms with Crippen molar-refractivity contribution in [3.63, 3.8) is 0 Å². The lowest BCUT2D eigenvalue weighted by Crippen LogP contribution is -2.45. The molecular weight excluding hydrogens is 604 g/mol. The quantitative estimate of drug-likeness (QED) is 0.313. The van der Waals surface area contributed by atoms with Gasteiger partial charge in [0.05, 0.1) is 35.2 Å². The fraction of sp³-hybridized carbons (Fsp3) is 0.333. The highest BCUT2D eigenvalue weighted by Crippen LogP contribution is 2.27. The molecule has 2 atom stereocenters. The molecule has 1 aromatic carbocycles. The molecule has 4 amide bonds. The number of nitrogens with one attached hydrogen (secondary N) is 1. The first-order chi connectivity index (χ1) is 20.7. The van der Waals surface area contributed by atoms with Crippen molar-refractivity contribution in [2.45, 2.75) is 18.6 Å². The summed E-state index contributed by atoms with van der Waals surface area (Å²) in [7, 11) is 0. The highest BCUT2D eigenvalue weighted by Gasteiger charge is 2.37. The number of nitrogens with zero attached hydrogens (tertiary/aromatic N) is 4. The molecular formula is C27H27ClN6O8S. The average molecular weight is 631 g/mol. The Hall–Kier alpha value is -4.31. The molecule has 226 valence electrons. The van der Waals surface area contributed by atoms with E-state index in [1.807, 2.05) is 0 Å². The number of nitrogens with two attached hydrogens (primary N) is 1. The summed E-state index contributed by atoms with van der Waals surface area (Å²) in [6, 6.07) is 8.70. The van der Waals surface area contributed by atoms with Gasteiger partial charge in [-0.15, -0.1) is 11.3 Å². The Balaban J connectivity index is 1.24. The number of aromatic nitrogens is 2. The van der Waals surface area contributed by atoms with Crippen molar-refractivity contribution in [1.29, 1.82) is 0 Å². The van der Waals surface area contributed by atoms with E-state index in [9.17, 15) is 24.0 Å². The average Bonchev–Trinajstić information content (AvgIpc) is 3.76. The minimum Gasteiger partial charge on any atom is -0.454 e. The van der Waals surface area contributed by atoms with E-state index in [0.717, 1.165) is 16.2 Å². The zero-order chi connectivity index (χ0) is 30.5. The van der Waals surface area contributed by atoms with Gasteiger partial charge in [-0.05, 0) is 36.4 Å². The molecule has 16 heteroatoms. The number of imide groups is 1. The van der Waals surface area contributed by atoms with Crippen LogP contribution in [0.25, 0.3) is 0 Å². The van der Waals surface area contributed by atoms with Crippen molar-refractivity contribution in [2.75, 3.05) is 49.3 Å². The van der Waals surface area contributed by atoms with Crippen LogP contribution in [0.15, 0.2) is 48.9 Å². The Morgan fingerprint density at radius 1 is 1.16 bits per heavy atom. The van der Waals surface area contributed by atoms with Crippen LogP contribution in [0.3, 0.4) is 0 Å². The van der Waals surface area contributed by atoms with Crippen LogP contribution in [0.1, 0.15) is 15.4 Å². The third-order valence-electron chi connectivity index (χ3n) is 6.68. The van der Waals surface area contributed by atoms with E-state index in [1.54, 1.807) is 29.2 Å². The third kappa shape index (κ3) is 7.19. The van der Waals surface area contributed by atoms with E-state index in [-0.39, 0.29) is 36.9 Å². The van der Waals surface area contributed by atoms with Crippen LogP contribution in [0.5, 0.6) is 0 Å². The second-order valence-electron chi connectivity index (χ2n) is 9.64. The molecule has 0 unspecified atom stereocenters. The molecule has 14 nitrogen and oxygen atoms in total. The number of esters is 1. The van der Waals surface area contributed by atoms with Crippen LogP contribution in [-0.2, 0) is 35.0 Å². The fourth-order valence-corrected chi connectivity index (χ4v) is 5.52. The van der Waals surface area contributed by atoms with Crippen LogP contribution in [0.2, 0.25) is 4.34 Å². The maximum atomic E-state index is 13.3. The molecule has 0 radical (unpaired) electrons. The Morgan fingerprint density at radius 2 is 1.91 bits per heavy atom. The van der Waals surface area contributed by atoms with E-state index >= 15 is 0 Å². The molecule has 2 aliphatic rings. The lowest BCUT2D eigenvalue weighted by atomic mass is 10.2. The molecule has 0 bridgehead atoms. The molecule has 4 heterocycles.